The molecule has 33 heavy (non-hydrogen) atoms. The highest BCUT2D eigenvalue weighted by molar-refractivity contribution is 5.94. The number of H-pyrrole nitrogens is 1. The van der Waals surface area contributed by atoms with Gasteiger partial charge in [-0.3, -0.25) is 4.90 Å². The van der Waals surface area contributed by atoms with Gasteiger partial charge >= 0.3 is 6.03 Å². The molecule has 2 aromatic carbocycles. The smallest absolute Gasteiger partial charge is 0.319 e. The molecule has 4 bridgehead atoms. The summed E-state index contributed by atoms with van der Waals surface area (Å²) < 4.78 is 0. The Bertz CT molecular complexity index is 1170. The van der Waals surface area contributed by atoms with E-state index in [1.54, 1.807) is 0 Å². The summed E-state index contributed by atoms with van der Waals surface area (Å²) in [6.07, 6.45) is 5.11. The highest BCUT2D eigenvalue weighted by Gasteiger charge is 2.48. The molecule has 3 fully saturated rings. The SMILES string of the molecule is CCC1CC2CC3c4[nH]c5ccc(NC(=O)NC(C)c6ccccc6)cc5c4CCN(C2)C13. The molecule has 6 unspecified atom stereocenters. The Morgan fingerprint density at radius 1 is 1.18 bits per heavy atom. The summed E-state index contributed by atoms with van der Waals surface area (Å²) in [6, 6.07) is 16.8. The lowest BCUT2D eigenvalue weighted by molar-refractivity contribution is -0.0134. The van der Waals surface area contributed by atoms with Crippen LogP contribution in [0.25, 0.3) is 10.9 Å². The molecule has 0 radical (unpaired) electrons. The van der Waals surface area contributed by atoms with E-state index in [0.29, 0.717) is 12.0 Å². The van der Waals surface area contributed by atoms with Gasteiger partial charge in [0.05, 0.1) is 6.04 Å². The third kappa shape index (κ3) is 3.63. The molecule has 172 valence electrons. The Balaban J connectivity index is 1.25. The topological polar surface area (TPSA) is 60.2 Å². The van der Waals surface area contributed by atoms with Gasteiger partial charge in [-0.15, -0.1) is 0 Å². The number of anilines is 1. The van der Waals surface area contributed by atoms with Crippen LogP contribution >= 0.6 is 0 Å². The van der Waals surface area contributed by atoms with Crippen LogP contribution in [0.1, 0.15) is 61.9 Å². The van der Waals surface area contributed by atoms with Gasteiger partial charge in [-0.25, -0.2) is 4.79 Å². The summed E-state index contributed by atoms with van der Waals surface area (Å²) in [5.74, 6) is 2.29. The second-order valence-corrected chi connectivity index (χ2v) is 10.4. The fourth-order valence-corrected chi connectivity index (χ4v) is 6.96. The van der Waals surface area contributed by atoms with E-state index in [9.17, 15) is 4.79 Å². The van der Waals surface area contributed by atoms with Crippen LogP contribution in [0.3, 0.4) is 0 Å². The standard InChI is InChI=1S/C28H34N4O/c1-3-19-13-18-14-24-26-22(11-12-32(16-18)27(19)24)23-15-21(9-10-25(23)31-26)30-28(33)29-17(2)20-7-5-4-6-8-20/h4-10,15,17-19,24,27,31H,3,11-14,16H2,1-2H3,(H2,29,30,33). The van der Waals surface area contributed by atoms with Gasteiger partial charge in [-0.2, -0.15) is 0 Å². The van der Waals surface area contributed by atoms with Crippen molar-refractivity contribution < 1.29 is 4.79 Å². The first-order valence-corrected chi connectivity index (χ1v) is 12.6. The van der Waals surface area contributed by atoms with E-state index < -0.39 is 0 Å². The molecule has 3 N–H and O–H groups in total. The summed E-state index contributed by atoms with van der Waals surface area (Å²) >= 11 is 0. The number of rotatable bonds is 4. The maximum absolute atomic E-state index is 12.7. The zero-order chi connectivity index (χ0) is 22.5. The first-order valence-electron chi connectivity index (χ1n) is 12.6. The first-order chi connectivity index (χ1) is 16.1. The number of hydrogen-bond donors (Lipinski definition) is 3. The lowest BCUT2D eigenvalue weighted by Gasteiger charge is -2.53. The van der Waals surface area contributed by atoms with Gasteiger partial charge in [0.1, 0.15) is 0 Å². The molecule has 1 aromatic heterocycles. The summed E-state index contributed by atoms with van der Waals surface area (Å²) in [7, 11) is 0. The molecule has 3 aliphatic heterocycles. The second-order valence-electron chi connectivity index (χ2n) is 10.4. The number of amides is 2. The summed E-state index contributed by atoms with van der Waals surface area (Å²) in [5.41, 5.74) is 6.09. The van der Waals surface area contributed by atoms with Gasteiger partial charge < -0.3 is 15.6 Å². The Morgan fingerprint density at radius 2 is 2.03 bits per heavy atom. The summed E-state index contributed by atoms with van der Waals surface area (Å²) in [4.78, 5) is 19.3. The number of urea groups is 1. The maximum Gasteiger partial charge on any atom is 0.319 e. The van der Waals surface area contributed by atoms with Crippen molar-refractivity contribution >= 4 is 22.6 Å². The van der Waals surface area contributed by atoms with Crippen LogP contribution in [0.15, 0.2) is 48.5 Å². The van der Waals surface area contributed by atoms with Crippen LogP contribution < -0.4 is 10.6 Å². The van der Waals surface area contributed by atoms with Crippen LogP contribution in [0, 0.1) is 11.8 Å². The van der Waals surface area contributed by atoms with Crippen molar-refractivity contribution in [3.05, 3.63) is 65.4 Å². The van der Waals surface area contributed by atoms with E-state index in [1.165, 1.54) is 48.0 Å². The third-order valence-corrected chi connectivity index (χ3v) is 8.42. The largest absolute Gasteiger partial charge is 0.358 e. The van der Waals surface area contributed by atoms with E-state index in [-0.39, 0.29) is 12.1 Å². The van der Waals surface area contributed by atoms with E-state index >= 15 is 0 Å². The monoisotopic (exact) mass is 442 g/mol. The molecule has 5 nitrogen and oxygen atoms in total. The third-order valence-electron chi connectivity index (χ3n) is 8.42. The number of nitrogens with zero attached hydrogens (tertiary/aromatic N) is 1. The molecule has 7 rings (SSSR count). The molecule has 3 aromatic rings. The van der Waals surface area contributed by atoms with Crippen molar-refractivity contribution in [1.82, 2.24) is 15.2 Å². The Hall–Kier alpha value is -2.79. The number of fused-ring (bicyclic) bond motifs is 4. The fraction of sp³-hybridized carbons (Fsp3) is 0.464. The number of piperidine rings is 2. The lowest BCUT2D eigenvalue weighted by Crippen LogP contribution is -2.56. The van der Waals surface area contributed by atoms with E-state index in [0.717, 1.165) is 36.1 Å². The quantitative estimate of drug-likeness (QED) is 0.477. The highest BCUT2D eigenvalue weighted by Crippen LogP contribution is 2.51. The predicted octanol–water partition coefficient (Wildman–Crippen LogP) is 5.81. The van der Waals surface area contributed by atoms with Crippen molar-refractivity contribution in [1.29, 1.82) is 0 Å². The normalized spacial score (nSPS) is 28.7. The molecule has 6 atom stereocenters. The van der Waals surface area contributed by atoms with Gasteiger partial charge in [0.25, 0.3) is 0 Å². The van der Waals surface area contributed by atoms with Crippen molar-refractivity contribution in [2.45, 2.75) is 57.5 Å². The van der Waals surface area contributed by atoms with E-state index in [2.05, 4.69) is 39.6 Å². The van der Waals surface area contributed by atoms with Gasteiger partial charge in [0.15, 0.2) is 0 Å². The number of hydrogen-bond acceptors (Lipinski definition) is 2. The Kier molecular flexibility index (Phi) is 5.17. The molecule has 0 spiro atoms. The molecule has 1 saturated carbocycles. The predicted molar refractivity (Wildman–Crippen MR) is 134 cm³/mol. The molecular formula is C28H34N4O. The van der Waals surface area contributed by atoms with Gasteiger partial charge in [0.2, 0.25) is 0 Å². The average Bonchev–Trinajstić information content (AvgIpc) is 3.15. The number of aromatic amines is 1. The number of benzene rings is 2. The number of carbonyl (C=O) groups excluding carboxylic acids is 1. The molecule has 2 saturated heterocycles. The van der Waals surface area contributed by atoms with Crippen LogP contribution in [0.4, 0.5) is 10.5 Å². The second kappa shape index (κ2) is 8.21. The van der Waals surface area contributed by atoms with E-state index in [1.807, 2.05) is 43.3 Å². The van der Waals surface area contributed by atoms with Crippen LogP contribution in [0.2, 0.25) is 0 Å². The average molecular weight is 443 g/mol. The number of carbonyl (C=O) groups is 1. The van der Waals surface area contributed by atoms with E-state index in [4.69, 9.17) is 0 Å². The fourth-order valence-electron chi connectivity index (χ4n) is 6.96. The molecular weight excluding hydrogens is 408 g/mol. The van der Waals surface area contributed by atoms with Gasteiger partial charge in [-0.1, -0.05) is 43.7 Å². The van der Waals surface area contributed by atoms with Crippen molar-refractivity contribution in [3.8, 4) is 0 Å². The van der Waals surface area contributed by atoms with Gasteiger partial charge in [-0.05, 0) is 67.3 Å². The summed E-state index contributed by atoms with van der Waals surface area (Å²) in [6.45, 7) is 6.81. The maximum atomic E-state index is 12.7. The van der Waals surface area contributed by atoms with Crippen molar-refractivity contribution in [2.24, 2.45) is 11.8 Å². The highest BCUT2D eigenvalue weighted by atomic mass is 16.2. The molecule has 4 aliphatic rings. The molecule has 4 heterocycles. The lowest BCUT2D eigenvalue weighted by atomic mass is 9.65. The van der Waals surface area contributed by atoms with Crippen LogP contribution in [0.5, 0.6) is 0 Å². The molecule has 2 amide bonds. The first kappa shape index (κ1) is 20.8. The van der Waals surface area contributed by atoms with Crippen molar-refractivity contribution in [3.63, 3.8) is 0 Å². The number of aromatic nitrogens is 1. The number of nitrogens with one attached hydrogen (secondary N) is 3. The van der Waals surface area contributed by atoms with Crippen LogP contribution in [-0.4, -0.2) is 35.0 Å². The minimum atomic E-state index is -0.169. The van der Waals surface area contributed by atoms with Crippen LogP contribution in [-0.2, 0) is 6.42 Å². The summed E-state index contributed by atoms with van der Waals surface area (Å²) in [5, 5.41) is 7.39. The molecule has 1 aliphatic carbocycles. The minimum Gasteiger partial charge on any atom is -0.358 e. The van der Waals surface area contributed by atoms with Crippen molar-refractivity contribution in [2.75, 3.05) is 18.4 Å². The molecule has 5 heteroatoms. The van der Waals surface area contributed by atoms with Gasteiger partial charge in [0, 0.05) is 47.3 Å². The zero-order valence-corrected chi connectivity index (χ0v) is 19.6. The Labute approximate surface area is 195 Å². The Morgan fingerprint density at radius 3 is 2.85 bits per heavy atom. The zero-order valence-electron chi connectivity index (χ0n) is 19.6. The minimum absolute atomic E-state index is 0.0475.